The van der Waals surface area contributed by atoms with Crippen molar-refractivity contribution in [3.05, 3.63) is 90.0 Å². The molecule has 8 nitrogen and oxygen atoms in total. The molecule has 0 aliphatic heterocycles. The highest BCUT2D eigenvalue weighted by atomic mass is 32.2. The number of para-hydroxylation sites is 1. The minimum Gasteiger partial charge on any atom is -0.457 e. The van der Waals surface area contributed by atoms with E-state index in [1.54, 1.807) is 24.3 Å². The molecule has 0 aliphatic carbocycles. The van der Waals surface area contributed by atoms with Crippen LogP contribution in [-0.4, -0.2) is 51.0 Å². The Hall–Kier alpha value is -3.85. The maximum absolute atomic E-state index is 13.6. The monoisotopic (exact) mass is 523 g/mol. The SMILES string of the molecule is CCC(C(=O)NC)N(Cc1cccc(C)c1)C(=O)CN(c1ccc(Oc2ccccc2)cc1)S(C)(=O)=O. The van der Waals surface area contributed by atoms with Gasteiger partial charge in [0, 0.05) is 13.6 Å². The number of rotatable bonds is 11. The van der Waals surface area contributed by atoms with Crippen molar-refractivity contribution < 1.29 is 22.7 Å². The number of carbonyl (C=O) groups is 2. The number of sulfonamides is 1. The van der Waals surface area contributed by atoms with E-state index in [9.17, 15) is 18.0 Å². The van der Waals surface area contributed by atoms with Crippen LogP contribution >= 0.6 is 0 Å². The summed E-state index contributed by atoms with van der Waals surface area (Å²) in [4.78, 5) is 27.7. The second-order valence-electron chi connectivity index (χ2n) is 8.73. The summed E-state index contributed by atoms with van der Waals surface area (Å²) in [6.07, 6.45) is 1.43. The molecule has 0 saturated carbocycles. The van der Waals surface area contributed by atoms with E-state index >= 15 is 0 Å². The van der Waals surface area contributed by atoms with E-state index in [4.69, 9.17) is 4.74 Å². The first-order valence-corrected chi connectivity index (χ1v) is 13.8. The first kappa shape index (κ1) is 27.7. The molecule has 1 N–H and O–H groups in total. The summed E-state index contributed by atoms with van der Waals surface area (Å²) in [5.74, 6) is 0.391. The Kier molecular flexibility index (Phi) is 9.30. The number of nitrogens with one attached hydrogen (secondary N) is 1. The molecule has 9 heteroatoms. The number of likely N-dealkylation sites (N-methyl/N-ethyl adjacent to an activating group) is 1. The zero-order chi connectivity index (χ0) is 27.0. The van der Waals surface area contributed by atoms with E-state index in [0.717, 1.165) is 21.7 Å². The van der Waals surface area contributed by atoms with Gasteiger partial charge in [-0.2, -0.15) is 0 Å². The van der Waals surface area contributed by atoms with Gasteiger partial charge in [-0.05, 0) is 55.3 Å². The zero-order valence-corrected chi connectivity index (χ0v) is 22.4. The molecule has 196 valence electrons. The summed E-state index contributed by atoms with van der Waals surface area (Å²) < 4.78 is 32.3. The fourth-order valence-electron chi connectivity index (χ4n) is 4.01. The van der Waals surface area contributed by atoms with Crippen LogP contribution in [0.2, 0.25) is 0 Å². The van der Waals surface area contributed by atoms with Gasteiger partial charge in [0.2, 0.25) is 21.8 Å². The average Bonchev–Trinajstić information content (AvgIpc) is 2.87. The number of anilines is 1. The first-order chi connectivity index (χ1) is 17.6. The van der Waals surface area contributed by atoms with Gasteiger partial charge in [-0.15, -0.1) is 0 Å². The van der Waals surface area contributed by atoms with Gasteiger partial charge in [0.25, 0.3) is 0 Å². The predicted octanol–water partition coefficient (Wildman–Crippen LogP) is 4.11. The van der Waals surface area contributed by atoms with Crippen LogP contribution in [0.3, 0.4) is 0 Å². The summed E-state index contributed by atoms with van der Waals surface area (Å²) in [5, 5.41) is 2.61. The van der Waals surface area contributed by atoms with Crippen LogP contribution in [0.4, 0.5) is 5.69 Å². The number of benzene rings is 3. The molecule has 3 aromatic rings. The van der Waals surface area contributed by atoms with E-state index in [0.29, 0.717) is 23.6 Å². The normalized spacial score (nSPS) is 11.9. The van der Waals surface area contributed by atoms with Gasteiger partial charge in [-0.1, -0.05) is 55.0 Å². The fraction of sp³-hybridized carbons (Fsp3) is 0.286. The van der Waals surface area contributed by atoms with Gasteiger partial charge in [0.15, 0.2) is 0 Å². The molecular formula is C28H33N3O5S. The number of amides is 2. The molecular weight excluding hydrogens is 490 g/mol. The van der Waals surface area contributed by atoms with E-state index < -0.39 is 28.5 Å². The smallest absolute Gasteiger partial charge is 0.244 e. The molecule has 37 heavy (non-hydrogen) atoms. The number of nitrogens with zero attached hydrogens (tertiary/aromatic N) is 2. The largest absolute Gasteiger partial charge is 0.457 e. The Balaban J connectivity index is 1.88. The highest BCUT2D eigenvalue weighted by molar-refractivity contribution is 7.92. The molecule has 3 rings (SSSR count). The first-order valence-electron chi connectivity index (χ1n) is 12.0. The number of hydrogen-bond acceptors (Lipinski definition) is 5. The zero-order valence-electron chi connectivity index (χ0n) is 21.5. The lowest BCUT2D eigenvalue weighted by molar-refractivity contribution is -0.140. The summed E-state index contributed by atoms with van der Waals surface area (Å²) in [6.45, 7) is 3.49. The quantitative estimate of drug-likeness (QED) is 0.408. The number of hydrogen-bond donors (Lipinski definition) is 1. The Morgan fingerprint density at radius 2 is 1.59 bits per heavy atom. The summed E-state index contributed by atoms with van der Waals surface area (Å²) in [5.41, 5.74) is 2.19. The second-order valence-corrected chi connectivity index (χ2v) is 10.6. The maximum atomic E-state index is 13.6. The molecule has 0 bridgehead atoms. The third-order valence-electron chi connectivity index (χ3n) is 5.85. The van der Waals surface area contributed by atoms with Crippen molar-refractivity contribution in [3.8, 4) is 11.5 Å². The number of aryl methyl sites for hydroxylation is 1. The average molecular weight is 524 g/mol. The minimum atomic E-state index is -3.81. The third-order valence-corrected chi connectivity index (χ3v) is 6.99. The van der Waals surface area contributed by atoms with Crippen LogP contribution in [-0.2, 0) is 26.2 Å². The number of carbonyl (C=O) groups excluding carboxylic acids is 2. The van der Waals surface area contributed by atoms with Crippen molar-refractivity contribution in [1.82, 2.24) is 10.2 Å². The lowest BCUT2D eigenvalue weighted by atomic mass is 10.1. The van der Waals surface area contributed by atoms with Crippen LogP contribution in [0.1, 0.15) is 24.5 Å². The highest BCUT2D eigenvalue weighted by Crippen LogP contribution is 2.26. The highest BCUT2D eigenvalue weighted by Gasteiger charge is 2.31. The van der Waals surface area contributed by atoms with E-state index in [1.165, 1.54) is 11.9 Å². The minimum absolute atomic E-state index is 0.174. The fourth-order valence-corrected chi connectivity index (χ4v) is 4.86. The standard InChI is InChI=1S/C28H33N3O5S/c1-5-26(28(33)29-3)30(19-22-11-9-10-21(2)18-22)27(32)20-31(37(4,34)35)23-14-16-25(17-15-23)36-24-12-7-6-8-13-24/h6-18,26H,5,19-20H2,1-4H3,(H,29,33). The third kappa shape index (κ3) is 7.57. The molecule has 0 spiro atoms. The lowest BCUT2D eigenvalue weighted by Gasteiger charge is -2.32. The van der Waals surface area contributed by atoms with E-state index in [2.05, 4.69) is 5.32 Å². The topological polar surface area (TPSA) is 96.0 Å². The van der Waals surface area contributed by atoms with Crippen LogP contribution in [0, 0.1) is 6.92 Å². The Morgan fingerprint density at radius 3 is 2.16 bits per heavy atom. The van der Waals surface area contributed by atoms with Crippen LogP contribution in [0.15, 0.2) is 78.9 Å². The van der Waals surface area contributed by atoms with Gasteiger partial charge in [0.05, 0.1) is 11.9 Å². The maximum Gasteiger partial charge on any atom is 0.244 e. The molecule has 0 aromatic heterocycles. The van der Waals surface area contributed by atoms with Crippen molar-refractivity contribution >= 4 is 27.5 Å². The van der Waals surface area contributed by atoms with Gasteiger partial charge in [-0.25, -0.2) is 8.42 Å². The van der Waals surface area contributed by atoms with Gasteiger partial charge in [0.1, 0.15) is 24.1 Å². The van der Waals surface area contributed by atoms with Crippen LogP contribution in [0.25, 0.3) is 0 Å². The van der Waals surface area contributed by atoms with E-state index in [-0.39, 0.29) is 12.5 Å². The predicted molar refractivity (Wildman–Crippen MR) is 145 cm³/mol. The van der Waals surface area contributed by atoms with Crippen LogP contribution in [0.5, 0.6) is 11.5 Å². The summed E-state index contributed by atoms with van der Waals surface area (Å²) in [6, 6.07) is 22.6. The Labute approximate surface area is 218 Å². The van der Waals surface area contributed by atoms with Crippen molar-refractivity contribution in [1.29, 1.82) is 0 Å². The van der Waals surface area contributed by atoms with E-state index in [1.807, 2.05) is 68.4 Å². The van der Waals surface area contributed by atoms with Crippen LogP contribution < -0.4 is 14.4 Å². The molecule has 0 saturated heterocycles. The van der Waals surface area contributed by atoms with Gasteiger partial charge >= 0.3 is 0 Å². The molecule has 0 heterocycles. The lowest BCUT2D eigenvalue weighted by Crippen LogP contribution is -2.51. The van der Waals surface area contributed by atoms with Gasteiger partial charge in [-0.3, -0.25) is 13.9 Å². The second kappa shape index (κ2) is 12.4. The van der Waals surface area contributed by atoms with Crippen molar-refractivity contribution in [3.63, 3.8) is 0 Å². The molecule has 2 amide bonds. The van der Waals surface area contributed by atoms with Crippen molar-refractivity contribution in [2.24, 2.45) is 0 Å². The molecule has 0 radical (unpaired) electrons. The molecule has 1 atom stereocenters. The van der Waals surface area contributed by atoms with Crippen molar-refractivity contribution in [2.75, 3.05) is 24.2 Å². The van der Waals surface area contributed by atoms with Gasteiger partial charge < -0.3 is 15.0 Å². The molecule has 3 aromatic carbocycles. The number of ether oxygens (including phenoxy) is 1. The summed E-state index contributed by atoms with van der Waals surface area (Å²) in [7, 11) is -2.30. The summed E-state index contributed by atoms with van der Waals surface area (Å²) >= 11 is 0. The molecule has 1 unspecified atom stereocenters. The Bertz CT molecular complexity index is 1310. The van der Waals surface area contributed by atoms with Crippen molar-refractivity contribution in [2.45, 2.75) is 32.9 Å². The molecule has 0 aliphatic rings. The molecule has 0 fully saturated rings. The Morgan fingerprint density at radius 1 is 0.946 bits per heavy atom.